The second-order valence-corrected chi connectivity index (χ2v) is 5.88. The predicted octanol–water partition coefficient (Wildman–Crippen LogP) is 3.38. The maximum absolute atomic E-state index is 9.35. The largest absolute Gasteiger partial charge is 0.368 e. The van der Waals surface area contributed by atoms with E-state index in [2.05, 4.69) is 36.8 Å². The molecule has 20 heavy (non-hydrogen) atoms. The molecule has 1 aromatic heterocycles. The fourth-order valence-corrected chi connectivity index (χ4v) is 2.12. The third-order valence-electron chi connectivity index (χ3n) is 3.24. The van der Waals surface area contributed by atoms with Crippen molar-refractivity contribution in [2.45, 2.75) is 26.7 Å². The fourth-order valence-electron chi connectivity index (χ4n) is 2.12. The summed E-state index contributed by atoms with van der Waals surface area (Å²) in [5, 5.41) is 9.35. The molecule has 2 rings (SSSR count). The van der Waals surface area contributed by atoms with E-state index in [-0.39, 0.29) is 17.3 Å². The molecule has 102 valence electrons. The van der Waals surface area contributed by atoms with Crippen molar-refractivity contribution in [1.29, 1.82) is 5.26 Å². The second-order valence-electron chi connectivity index (χ2n) is 5.88. The Labute approximate surface area is 119 Å². The van der Waals surface area contributed by atoms with E-state index in [9.17, 15) is 5.26 Å². The van der Waals surface area contributed by atoms with Crippen molar-refractivity contribution in [3.63, 3.8) is 0 Å². The zero-order valence-corrected chi connectivity index (χ0v) is 12.0. The number of aromatic nitrogens is 2. The van der Waals surface area contributed by atoms with Crippen LogP contribution in [-0.4, -0.2) is 9.97 Å². The third-order valence-corrected chi connectivity index (χ3v) is 3.24. The zero-order chi connectivity index (χ0) is 14.8. The molecule has 0 aliphatic rings. The summed E-state index contributed by atoms with van der Waals surface area (Å²) in [6, 6.07) is 10.3. The number of hydrogen-bond donors (Lipinski definition) is 1. The lowest BCUT2D eigenvalue weighted by atomic mass is 9.77. The topological polar surface area (TPSA) is 75.6 Å². The second kappa shape index (κ2) is 5.30. The Kier molecular flexibility index (Phi) is 3.71. The van der Waals surface area contributed by atoms with Crippen LogP contribution in [0, 0.1) is 16.7 Å². The summed E-state index contributed by atoms with van der Waals surface area (Å²) in [6.07, 6.45) is 3.39. The van der Waals surface area contributed by atoms with Crippen LogP contribution < -0.4 is 5.73 Å². The molecule has 0 saturated carbocycles. The van der Waals surface area contributed by atoms with Gasteiger partial charge in [-0.2, -0.15) is 5.26 Å². The van der Waals surface area contributed by atoms with Gasteiger partial charge >= 0.3 is 0 Å². The minimum absolute atomic E-state index is 0.0828. The van der Waals surface area contributed by atoms with Crippen LogP contribution >= 0.6 is 0 Å². The molecule has 2 aromatic rings. The van der Waals surface area contributed by atoms with E-state index in [1.165, 1.54) is 0 Å². The number of anilines is 1. The van der Waals surface area contributed by atoms with Gasteiger partial charge in [-0.25, -0.2) is 9.97 Å². The van der Waals surface area contributed by atoms with E-state index in [1.54, 1.807) is 12.4 Å². The van der Waals surface area contributed by atoms with Crippen LogP contribution in [0.15, 0.2) is 36.7 Å². The van der Waals surface area contributed by atoms with Gasteiger partial charge in [0, 0.05) is 18.0 Å². The molecule has 1 atom stereocenters. The summed E-state index contributed by atoms with van der Waals surface area (Å²) in [4.78, 5) is 7.97. The zero-order valence-electron chi connectivity index (χ0n) is 12.0. The SMILES string of the molecule is CC(C)(C)[C@H](C#N)c1ccc(-c2cnc(N)nc2)cc1. The highest BCUT2D eigenvalue weighted by atomic mass is 15.0. The van der Waals surface area contributed by atoms with E-state index in [0.29, 0.717) is 0 Å². The van der Waals surface area contributed by atoms with Crippen molar-refractivity contribution in [3.8, 4) is 17.2 Å². The van der Waals surface area contributed by atoms with Crippen LogP contribution in [-0.2, 0) is 0 Å². The standard InChI is InChI=1S/C16H18N4/c1-16(2,3)14(8-17)12-6-4-11(5-7-12)13-9-19-15(18)20-10-13/h4-7,9-10,14H,1-3H3,(H2,18,19,20)/t14-/m1/s1. The Morgan fingerprint density at radius 1 is 1.05 bits per heavy atom. The van der Waals surface area contributed by atoms with Crippen molar-refractivity contribution >= 4 is 5.95 Å². The maximum Gasteiger partial charge on any atom is 0.219 e. The highest BCUT2D eigenvalue weighted by Gasteiger charge is 2.25. The van der Waals surface area contributed by atoms with Gasteiger partial charge in [0.05, 0.1) is 12.0 Å². The number of nitrogens with two attached hydrogens (primary N) is 1. The Balaban J connectivity index is 2.31. The Bertz CT molecular complexity index is 616. The molecule has 1 heterocycles. The number of nitrogen functional groups attached to an aromatic ring is 1. The van der Waals surface area contributed by atoms with Crippen molar-refractivity contribution in [1.82, 2.24) is 9.97 Å². The van der Waals surface area contributed by atoms with Gasteiger partial charge in [-0.05, 0) is 16.5 Å². The molecule has 0 aliphatic heterocycles. The van der Waals surface area contributed by atoms with Crippen LogP contribution in [0.2, 0.25) is 0 Å². The molecule has 0 saturated heterocycles. The monoisotopic (exact) mass is 266 g/mol. The van der Waals surface area contributed by atoms with Gasteiger partial charge in [-0.15, -0.1) is 0 Å². The molecule has 2 N–H and O–H groups in total. The van der Waals surface area contributed by atoms with E-state index in [0.717, 1.165) is 16.7 Å². The van der Waals surface area contributed by atoms with E-state index >= 15 is 0 Å². The Morgan fingerprint density at radius 3 is 2.05 bits per heavy atom. The van der Waals surface area contributed by atoms with Crippen molar-refractivity contribution in [2.75, 3.05) is 5.73 Å². The van der Waals surface area contributed by atoms with Crippen LogP contribution in [0.25, 0.3) is 11.1 Å². The quantitative estimate of drug-likeness (QED) is 0.904. The first-order chi connectivity index (χ1) is 9.41. The van der Waals surface area contributed by atoms with E-state index < -0.39 is 0 Å². The minimum atomic E-state index is -0.126. The molecular weight excluding hydrogens is 248 g/mol. The number of rotatable bonds is 2. The van der Waals surface area contributed by atoms with Gasteiger partial charge in [0.15, 0.2) is 0 Å². The molecule has 0 amide bonds. The smallest absolute Gasteiger partial charge is 0.219 e. The molecule has 4 heteroatoms. The van der Waals surface area contributed by atoms with Gasteiger partial charge in [0.25, 0.3) is 0 Å². The van der Waals surface area contributed by atoms with Crippen LogP contribution in [0.4, 0.5) is 5.95 Å². The van der Waals surface area contributed by atoms with E-state index in [1.807, 2.05) is 24.3 Å². The Morgan fingerprint density at radius 2 is 1.60 bits per heavy atom. The van der Waals surface area contributed by atoms with Crippen molar-refractivity contribution in [2.24, 2.45) is 5.41 Å². The highest BCUT2D eigenvalue weighted by molar-refractivity contribution is 5.62. The molecule has 0 bridgehead atoms. The minimum Gasteiger partial charge on any atom is -0.368 e. The first-order valence-corrected chi connectivity index (χ1v) is 6.49. The normalized spacial score (nSPS) is 12.7. The summed E-state index contributed by atoms with van der Waals surface area (Å²) < 4.78 is 0. The summed E-state index contributed by atoms with van der Waals surface area (Å²) in [5.74, 6) is 0.141. The Hall–Kier alpha value is -2.41. The van der Waals surface area contributed by atoms with Crippen LogP contribution in [0.5, 0.6) is 0 Å². The average molecular weight is 266 g/mol. The van der Waals surface area contributed by atoms with Gasteiger partial charge in [0.1, 0.15) is 0 Å². The lowest BCUT2D eigenvalue weighted by Crippen LogP contribution is -2.16. The molecule has 0 fully saturated rings. The van der Waals surface area contributed by atoms with Gasteiger partial charge < -0.3 is 5.73 Å². The van der Waals surface area contributed by atoms with Gasteiger partial charge in [-0.3, -0.25) is 0 Å². The first kappa shape index (κ1) is 14.0. The maximum atomic E-state index is 9.35. The van der Waals surface area contributed by atoms with E-state index in [4.69, 9.17) is 5.73 Å². The summed E-state index contributed by atoms with van der Waals surface area (Å²) in [7, 11) is 0. The molecule has 0 spiro atoms. The lowest BCUT2D eigenvalue weighted by Gasteiger charge is -2.25. The fraction of sp³-hybridized carbons (Fsp3) is 0.312. The predicted molar refractivity (Wildman–Crippen MR) is 79.7 cm³/mol. The third kappa shape index (κ3) is 2.94. The lowest BCUT2D eigenvalue weighted by molar-refractivity contribution is 0.373. The van der Waals surface area contributed by atoms with Gasteiger partial charge in [0.2, 0.25) is 5.95 Å². The van der Waals surface area contributed by atoms with Crippen molar-refractivity contribution < 1.29 is 0 Å². The van der Waals surface area contributed by atoms with Gasteiger partial charge in [-0.1, -0.05) is 45.0 Å². The molecule has 0 radical (unpaired) electrons. The highest BCUT2D eigenvalue weighted by Crippen LogP contribution is 2.35. The number of hydrogen-bond acceptors (Lipinski definition) is 4. The summed E-state index contributed by atoms with van der Waals surface area (Å²) in [5.41, 5.74) is 8.35. The molecule has 4 nitrogen and oxygen atoms in total. The summed E-state index contributed by atoms with van der Waals surface area (Å²) in [6.45, 7) is 6.22. The number of benzene rings is 1. The molecule has 0 aliphatic carbocycles. The first-order valence-electron chi connectivity index (χ1n) is 6.49. The van der Waals surface area contributed by atoms with Crippen molar-refractivity contribution in [3.05, 3.63) is 42.2 Å². The molecular formula is C16H18N4. The summed E-state index contributed by atoms with van der Waals surface area (Å²) >= 11 is 0. The van der Waals surface area contributed by atoms with Crippen LogP contribution in [0.3, 0.4) is 0 Å². The van der Waals surface area contributed by atoms with Crippen LogP contribution in [0.1, 0.15) is 32.3 Å². The molecule has 1 aromatic carbocycles. The molecule has 0 unspecified atom stereocenters. The average Bonchev–Trinajstić information content (AvgIpc) is 2.40. The number of nitrogens with zero attached hydrogens (tertiary/aromatic N) is 3. The number of nitriles is 1.